The molecule has 3 rings (SSSR count). The van der Waals surface area contributed by atoms with Crippen LogP contribution in [0.15, 0.2) is 34.9 Å². The SMILES string of the molecule is Cc1nc(C(=O)N2CCC[C@H](O)[C@@H]2Cc2ccc(Cl)cc2)co1. The molecule has 1 aliphatic heterocycles. The lowest BCUT2D eigenvalue weighted by atomic mass is 9.92. The van der Waals surface area contributed by atoms with E-state index in [9.17, 15) is 9.90 Å². The number of hydrogen-bond acceptors (Lipinski definition) is 4. The smallest absolute Gasteiger partial charge is 0.276 e. The number of aliphatic hydroxyl groups excluding tert-OH is 1. The van der Waals surface area contributed by atoms with Crippen molar-refractivity contribution in [2.45, 2.75) is 38.3 Å². The van der Waals surface area contributed by atoms with Crippen LogP contribution in [0.2, 0.25) is 5.02 Å². The van der Waals surface area contributed by atoms with Crippen LogP contribution in [0.25, 0.3) is 0 Å². The van der Waals surface area contributed by atoms with Gasteiger partial charge in [-0.25, -0.2) is 4.98 Å². The maximum absolute atomic E-state index is 12.7. The summed E-state index contributed by atoms with van der Waals surface area (Å²) >= 11 is 5.91. The van der Waals surface area contributed by atoms with E-state index in [1.54, 1.807) is 11.8 Å². The van der Waals surface area contributed by atoms with Crippen LogP contribution < -0.4 is 0 Å². The molecule has 1 fully saturated rings. The number of benzene rings is 1. The molecule has 2 aromatic rings. The van der Waals surface area contributed by atoms with E-state index < -0.39 is 6.10 Å². The largest absolute Gasteiger partial charge is 0.448 e. The molecule has 2 heterocycles. The van der Waals surface area contributed by atoms with E-state index in [1.807, 2.05) is 24.3 Å². The predicted molar refractivity (Wildman–Crippen MR) is 86.5 cm³/mol. The van der Waals surface area contributed by atoms with Crippen LogP contribution in [0, 0.1) is 6.92 Å². The number of halogens is 1. The Morgan fingerprint density at radius 3 is 2.83 bits per heavy atom. The summed E-state index contributed by atoms with van der Waals surface area (Å²) in [7, 11) is 0. The fourth-order valence-electron chi connectivity index (χ4n) is 3.01. The lowest BCUT2D eigenvalue weighted by molar-refractivity contribution is 0.0115. The van der Waals surface area contributed by atoms with Crippen molar-refractivity contribution in [2.24, 2.45) is 0 Å². The molecule has 6 heteroatoms. The zero-order valence-electron chi connectivity index (χ0n) is 12.9. The van der Waals surface area contributed by atoms with Gasteiger partial charge in [0.1, 0.15) is 6.26 Å². The van der Waals surface area contributed by atoms with Crippen LogP contribution in [-0.2, 0) is 6.42 Å². The fraction of sp³-hybridized carbons (Fsp3) is 0.412. The van der Waals surface area contributed by atoms with Crippen LogP contribution in [0.3, 0.4) is 0 Å². The molecule has 1 amide bonds. The molecule has 1 aromatic heterocycles. The van der Waals surface area contributed by atoms with Gasteiger partial charge in [-0.05, 0) is 37.0 Å². The Kier molecular flexibility index (Phi) is 4.68. The summed E-state index contributed by atoms with van der Waals surface area (Å²) in [6.45, 7) is 2.31. The Labute approximate surface area is 139 Å². The summed E-state index contributed by atoms with van der Waals surface area (Å²) in [5.74, 6) is 0.264. The second-order valence-electron chi connectivity index (χ2n) is 5.86. The molecule has 5 nitrogen and oxygen atoms in total. The van der Waals surface area contributed by atoms with Gasteiger partial charge in [0, 0.05) is 18.5 Å². The summed E-state index contributed by atoms with van der Waals surface area (Å²) < 4.78 is 5.13. The summed E-state index contributed by atoms with van der Waals surface area (Å²) in [5, 5.41) is 11.1. The average Bonchev–Trinajstić information content (AvgIpc) is 2.97. The van der Waals surface area contributed by atoms with E-state index >= 15 is 0 Å². The van der Waals surface area contributed by atoms with Crippen LogP contribution >= 0.6 is 11.6 Å². The van der Waals surface area contributed by atoms with E-state index in [0.717, 1.165) is 12.0 Å². The van der Waals surface area contributed by atoms with Gasteiger partial charge in [0.05, 0.1) is 12.1 Å². The molecule has 1 N–H and O–H groups in total. The lowest BCUT2D eigenvalue weighted by Crippen LogP contribution is -2.52. The number of likely N-dealkylation sites (tertiary alicyclic amines) is 1. The standard InChI is InChI=1S/C17H19ClN2O3/c1-11-19-14(10-23-11)17(22)20-8-2-3-16(21)15(20)9-12-4-6-13(18)7-5-12/h4-7,10,15-16,21H,2-3,8-9H2,1H3/t15-,16-/m0/s1. The first kappa shape index (κ1) is 16.0. The lowest BCUT2D eigenvalue weighted by Gasteiger charge is -2.39. The minimum Gasteiger partial charge on any atom is -0.448 e. The highest BCUT2D eigenvalue weighted by atomic mass is 35.5. The monoisotopic (exact) mass is 334 g/mol. The molecular formula is C17H19ClN2O3. The normalized spacial score (nSPS) is 21.4. The molecule has 0 radical (unpaired) electrons. The van der Waals surface area contributed by atoms with Crippen LogP contribution in [0.1, 0.15) is 34.8 Å². The Morgan fingerprint density at radius 2 is 2.17 bits per heavy atom. The Bertz CT molecular complexity index is 683. The van der Waals surface area contributed by atoms with Crippen LogP contribution in [0.5, 0.6) is 0 Å². The van der Waals surface area contributed by atoms with Gasteiger partial charge in [-0.1, -0.05) is 23.7 Å². The number of carbonyl (C=O) groups excluding carboxylic acids is 1. The highest BCUT2D eigenvalue weighted by molar-refractivity contribution is 6.30. The second kappa shape index (κ2) is 6.72. The van der Waals surface area contributed by atoms with Gasteiger partial charge in [-0.3, -0.25) is 4.79 Å². The number of rotatable bonds is 3. The molecule has 1 saturated heterocycles. The van der Waals surface area contributed by atoms with Gasteiger partial charge >= 0.3 is 0 Å². The minimum atomic E-state index is -0.545. The maximum atomic E-state index is 12.7. The summed E-state index contributed by atoms with van der Waals surface area (Å²) in [6, 6.07) is 7.21. The molecule has 0 spiro atoms. The van der Waals surface area contributed by atoms with Crippen molar-refractivity contribution in [1.29, 1.82) is 0 Å². The molecule has 1 aliphatic rings. The number of hydrogen-bond donors (Lipinski definition) is 1. The molecule has 0 saturated carbocycles. The van der Waals surface area contributed by atoms with Crippen molar-refractivity contribution < 1.29 is 14.3 Å². The molecular weight excluding hydrogens is 316 g/mol. The van der Waals surface area contributed by atoms with Crippen molar-refractivity contribution in [1.82, 2.24) is 9.88 Å². The summed E-state index contributed by atoms with van der Waals surface area (Å²) in [5.41, 5.74) is 1.33. The highest BCUT2D eigenvalue weighted by Gasteiger charge is 2.34. The van der Waals surface area contributed by atoms with Crippen molar-refractivity contribution in [3.05, 3.63) is 52.7 Å². The first-order valence-electron chi connectivity index (χ1n) is 7.70. The van der Waals surface area contributed by atoms with Gasteiger partial charge in [0.2, 0.25) is 0 Å². The van der Waals surface area contributed by atoms with Crippen LogP contribution in [-0.4, -0.2) is 39.6 Å². The third kappa shape index (κ3) is 3.57. The predicted octanol–water partition coefficient (Wildman–Crippen LogP) is 2.84. The highest BCUT2D eigenvalue weighted by Crippen LogP contribution is 2.24. The van der Waals surface area contributed by atoms with Crippen LogP contribution in [0.4, 0.5) is 0 Å². The van der Waals surface area contributed by atoms with E-state index in [0.29, 0.717) is 30.3 Å². The Morgan fingerprint density at radius 1 is 1.43 bits per heavy atom. The summed E-state index contributed by atoms with van der Waals surface area (Å²) in [4.78, 5) is 18.5. The Hall–Kier alpha value is -1.85. The van der Waals surface area contributed by atoms with Crippen molar-refractivity contribution in [2.75, 3.05) is 6.54 Å². The average molecular weight is 335 g/mol. The number of aromatic nitrogens is 1. The Balaban J connectivity index is 1.81. The third-order valence-electron chi connectivity index (χ3n) is 4.20. The number of piperidine rings is 1. The molecule has 0 unspecified atom stereocenters. The van der Waals surface area contributed by atoms with Crippen molar-refractivity contribution in [3.63, 3.8) is 0 Å². The van der Waals surface area contributed by atoms with E-state index in [2.05, 4.69) is 4.98 Å². The number of amides is 1. The maximum Gasteiger partial charge on any atom is 0.276 e. The topological polar surface area (TPSA) is 66.6 Å². The molecule has 0 bridgehead atoms. The number of aryl methyl sites for hydroxylation is 1. The molecule has 0 aliphatic carbocycles. The van der Waals surface area contributed by atoms with Gasteiger partial charge in [-0.15, -0.1) is 0 Å². The van der Waals surface area contributed by atoms with Gasteiger partial charge in [0.15, 0.2) is 11.6 Å². The first-order chi connectivity index (χ1) is 11.0. The van der Waals surface area contributed by atoms with Gasteiger partial charge in [-0.2, -0.15) is 0 Å². The van der Waals surface area contributed by atoms with Gasteiger partial charge < -0.3 is 14.4 Å². The zero-order chi connectivity index (χ0) is 16.4. The van der Waals surface area contributed by atoms with E-state index in [-0.39, 0.29) is 17.6 Å². The number of carbonyl (C=O) groups is 1. The van der Waals surface area contributed by atoms with E-state index in [4.69, 9.17) is 16.0 Å². The zero-order valence-corrected chi connectivity index (χ0v) is 13.7. The molecule has 2 atom stereocenters. The van der Waals surface area contributed by atoms with Crippen molar-refractivity contribution >= 4 is 17.5 Å². The fourth-order valence-corrected chi connectivity index (χ4v) is 3.13. The second-order valence-corrected chi connectivity index (χ2v) is 6.29. The number of aliphatic hydroxyl groups is 1. The van der Waals surface area contributed by atoms with Crippen molar-refractivity contribution in [3.8, 4) is 0 Å². The summed E-state index contributed by atoms with van der Waals surface area (Å²) in [6.07, 6.45) is 2.89. The minimum absolute atomic E-state index is 0.195. The number of nitrogens with zero attached hydrogens (tertiary/aromatic N) is 2. The third-order valence-corrected chi connectivity index (χ3v) is 4.45. The molecule has 1 aromatic carbocycles. The van der Waals surface area contributed by atoms with Gasteiger partial charge in [0.25, 0.3) is 5.91 Å². The number of oxazole rings is 1. The first-order valence-corrected chi connectivity index (χ1v) is 8.08. The molecule has 23 heavy (non-hydrogen) atoms. The quantitative estimate of drug-likeness (QED) is 0.937. The van der Waals surface area contributed by atoms with E-state index in [1.165, 1.54) is 6.26 Å². The molecule has 122 valence electrons.